The van der Waals surface area contributed by atoms with Crippen molar-refractivity contribution in [2.24, 2.45) is 0 Å². The van der Waals surface area contributed by atoms with Gasteiger partial charge in [-0.3, -0.25) is 9.36 Å². The van der Waals surface area contributed by atoms with Gasteiger partial charge in [0.05, 0.1) is 39.9 Å². The van der Waals surface area contributed by atoms with Gasteiger partial charge in [-0.2, -0.15) is 0 Å². The first kappa shape index (κ1) is 69.2. The van der Waals surface area contributed by atoms with Crippen molar-refractivity contribution in [3.8, 4) is 0 Å². The van der Waals surface area contributed by atoms with Gasteiger partial charge in [0.1, 0.15) is 13.2 Å². The number of phosphoric ester groups is 1. The fourth-order valence-electron chi connectivity index (χ4n) is 8.75. The Kier molecular flexibility index (Phi) is 51.7. The molecule has 71 heavy (non-hydrogen) atoms. The van der Waals surface area contributed by atoms with E-state index in [0.717, 1.165) is 57.8 Å². The maximum atomic E-state index is 12.9. The lowest BCUT2D eigenvalue weighted by atomic mass is 10.0. The monoisotopic (exact) mass is 1020 g/mol. The molecule has 0 rings (SSSR count). The Balaban J connectivity index is 3.86. The largest absolute Gasteiger partial charge is 0.756 e. The SMILES string of the molecule is CC/C=C/CC/C=C/CC/C=C/C(O)C(COP(=O)([O-])OCC[N+](C)(C)C)NC(=O)CCCCCCCCCCCCCCCCCCC/C=C\C/C=C\CCCCCCCCCCCCCCCCC. The molecule has 0 bridgehead atoms. The molecule has 2 N–H and O–H groups in total. The molecule has 1 amide bonds. The van der Waals surface area contributed by atoms with E-state index in [1.54, 1.807) is 6.08 Å². The number of aliphatic hydroxyl groups is 1. The summed E-state index contributed by atoms with van der Waals surface area (Å²) in [6.07, 6.45) is 72.2. The van der Waals surface area contributed by atoms with Gasteiger partial charge in [0.15, 0.2) is 0 Å². The van der Waals surface area contributed by atoms with E-state index < -0.39 is 26.6 Å². The average molecular weight is 1020 g/mol. The van der Waals surface area contributed by atoms with Crippen molar-refractivity contribution >= 4 is 13.7 Å². The molecule has 0 heterocycles. The lowest BCUT2D eigenvalue weighted by molar-refractivity contribution is -0.870. The second-order valence-corrected chi connectivity index (χ2v) is 23.1. The van der Waals surface area contributed by atoms with Gasteiger partial charge >= 0.3 is 0 Å². The van der Waals surface area contributed by atoms with Crippen LogP contribution in [-0.4, -0.2) is 68.5 Å². The Hall–Kier alpha value is -1.80. The first-order valence-corrected chi connectivity index (χ1v) is 31.6. The van der Waals surface area contributed by atoms with Crippen LogP contribution < -0.4 is 10.2 Å². The third-order valence-electron chi connectivity index (χ3n) is 13.4. The number of carbonyl (C=O) groups is 1. The van der Waals surface area contributed by atoms with Crippen LogP contribution in [0.4, 0.5) is 0 Å². The molecule has 416 valence electrons. The molecule has 3 unspecified atom stereocenters. The molecule has 0 aliphatic rings. The summed E-state index contributed by atoms with van der Waals surface area (Å²) in [4.78, 5) is 25.4. The van der Waals surface area contributed by atoms with E-state index in [4.69, 9.17) is 9.05 Å². The molecule has 0 aromatic carbocycles. The standard InChI is InChI=1S/C62H117N2O6P/c1-6-8-10-12-14-16-18-19-20-21-22-23-24-25-26-27-28-29-30-31-32-33-34-35-36-37-38-39-40-41-42-43-44-45-46-48-50-52-54-56-62(66)63-60(59-70-71(67,68)69-58-57-64(3,4)5)61(65)55-53-51-49-47-17-15-13-11-9-7-2/h9,11,17,28-29,31-32,47,53,55,60-61,65H,6-8,10,12-16,18-27,30,33-46,48-52,54,56-59H2,1-5H3,(H-,63,66,67,68)/b11-9+,29-28-,32-31-,47-17+,55-53+. The Morgan fingerprint density at radius 3 is 1.28 bits per heavy atom. The van der Waals surface area contributed by atoms with Crippen LogP contribution in [0.25, 0.3) is 0 Å². The lowest BCUT2D eigenvalue weighted by Gasteiger charge is -2.29. The van der Waals surface area contributed by atoms with E-state index in [9.17, 15) is 19.4 Å². The third kappa shape index (κ3) is 55.8. The quantitative estimate of drug-likeness (QED) is 0.0272. The molecule has 0 fully saturated rings. The minimum Gasteiger partial charge on any atom is -0.756 e. The molecule has 0 aromatic heterocycles. The highest BCUT2D eigenvalue weighted by Crippen LogP contribution is 2.38. The van der Waals surface area contributed by atoms with Crippen LogP contribution in [-0.2, 0) is 18.4 Å². The van der Waals surface area contributed by atoms with Crippen molar-refractivity contribution in [2.75, 3.05) is 40.9 Å². The van der Waals surface area contributed by atoms with Crippen LogP contribution in [0, 0.1) is 0 Å². The predicted molar refractivity (Wildman–Crippen MR) is 307 cm³/mol. The zero-order valence-corrected chi connectivity index (χ0v) is 48.3. The number of aliphatic hydroxyl groups excluding tert-OH is 1. The third-order valence-corrected chi connectivity index (χ3v) is 14.4. The number of amides is 1. The van der Waals surface area contributed by atoms with Crippen LogP contribution in [0.1, 0.15) is 277 Å². The van der Waals surface area contributed by atoms with Gasteiger partial charge in [0.2, 0.25) is 5.91 Å². The fourth-order valence-corrected chi connectivity index (χ4v) is 9.48. The molecule has 0 aliphatic carbocycles. The second-order valence-electron chi connectivity index (χ2n) is 21.7. The maximum absolute atomic E-state index is 12.9. The van der Waals surface area contributed by atoms with Crippen LogP contribution in [0.5, 0.6) is 0 Å². The minimum atomic E-state index is -4.60. The van der Waals surface area contributed by atoms with Gasteiger partial charge in [-0.1, -0.05) is 261 Å². The Morgan fingerprint density at radius 1 is 0.507 bits per heavy atom. The zero-order valence-electron chi connectivity index (χ0n) is 47.4. The Bertz CT molecular complexity index is 1340. The van der Waals surface area contributed by atoms with Gasteiger partial charge in [0.25, 0.3) is 7.82 Å². The number of likely N-dealkylation sites (N-methyl/N-ethyl adjacent to an activating group) is 1. The molecule has 0 aliphatic heterocycles. The van der Waals surface area contributed by atoms with E-state index in [2.05, 4.69) is 67.8 Å². The summed E-state index contributed by atoms with van der Waals surface area (Å²) in [6.45, 7) is 4.51. The number of allylic oxidation sites excluding steroid dienone is 9. The van der Waals surface area contributed by atoms with E-state index in [1.807, 2.05) is 27.2 Å². The topological polar surface area (TPSA) is 108 Å². The number of quaternary nitrogens is 1. The van der Waals surface area contributed by atoms with Crippen molar-refractivity contribution in [2.45, 2.75) is 289 Å². The second kappa shape index (κ2) is 53.0. The molecule has 3 atom stereocenters. The van der Waals surface area contributed by atoms with Gasteiger partial charge in [-0.05, 0) is 70.6 Å². The van der Waals surface area contributed by atoms with Gasteiger partial charge < -0.3 is 28.8 Å². The summed E-state index contributed by atoms with van der Waals surface area (Å²) in [5.74, 6) is -0.213. The Morgan fingerprint density at radius 2 is 0.873 bits per heavy atom. The van der Waals surface area contributed by atoms with Crippen LogP contribution in [0.3, 0.4) is 0 Å². The molecule has 0 radical (unpaired) electrons. The molecule has 0 aromatic rings. The van der Waals surface area contributed by atoms with Crippen molar-refractivity contribution in [3.63, 3.8) is 0 Å². The fraction of sp³-hybridized carbons (Fsp3) is 0.823. The number of hydrogen-bond acceptors (Lipinski definition) is 6. The van der Waals surface area contributed by atoms with Crippen molar-refractivity contribution in [1.82, 2.24) is 5.32 Å². The van der Waals surface area contributed by atoms with Crippen LogP contribution >= 0.6 is 7.82 Å². The first-order valence-electron chi connectivity index (χ1n) is 30.2. The summed E-state index contributed by atoms with van der Waals surface area (Å²) in [5.41, 5.74) is 0. The van der Waals surface area contributed by atoms with Crippen molar-refractivity contribution < 1.29 is 32.9 Å². The Labute approximate surface area is 441 Å². The normalized spacial score (nSPS) is 14.3. The summed E-state index contributed by atoms with van der Waals surface area (Å²) in [5, 5.41) is 13.7. The van der Waals surface area contributed by atoms with E-state index in [-0.39, 0.29) is 12.5 Å². The molecule has 9 heteroatoms. The lowest BCUT2D eigenvalue weighted by Crippen LogP contribution is -2.45. The summed E-state index contributed by atoms with van der Waals surface area (Å²) in [6, 6.07) is -0.909. The summed E-state index contributed by atoms with van der Waals surface area (Å²) >= 11 is 0. The predicted octanol–water partition coefficient (Wildman–Crippen LogP) is 17.9. The number of carbonyl (C=O) groups excluding carboxylic acids is 1. The zero-order chi connectivity index (χ0) is 52.0. The highest BCUT2D eigenvalue weighted by molar-refractivity contribution is 7.45. The highest BCUT2D eigenvalue weighted by Gasteiger charge is 2.23. The molecule has 0 spiro atoms. The molecular weight excluding hydrogens is 900 g/mol. The van der Waals surface area contributed by atoms with Crippen LogP contribution in [0.15, 0.2) is 60.8 Å². The van der Waals surface area contributed by atoms with Gasteiger partial charge in [0, 0.05) is 6.42 Å². The summed E-state index contributed by atoms with van der Waals surface area (Å²) < 4.78 is 23.2. The summed E-state index contributed by atoms with van der Waals surface area (Å²) in [7, 11) is 1.23. The number of nitrogens with zero attached hydrogens (tertiary/aromatic N) is 1. The van der Waals surface area contributed by atoms with E-state index in [1.165, 1.54) is 199 Å². The maximum Gasteiger partial charge on any atom is 0.268 e. The smallest absolute Gasteiger partial charge is 0.268 e. The number of nitrogens with one attached hydrogen (secondary N) is 1. The molecule has 0 saturated carbocycles. The van der Waals surface area contributed by atoms with Crippen molar-refractivity contribution in [3.05, 3.63) is 60.8 Å². The molecule has 8 nitrogen and oxygen atoms in total. The highest BCUT2D eigenvalue weighted by atomic mass is 31.2. The van der Waals surface area contributed by atoms with Gasteiger partial charge in [-0.15, -0.1) is 0 Å². The molecular formula is C62H117N2O6P. The van der Waals surface area contributed by atoms with E-state index in [0.29, 0.717) is 17.4 Å². The first-order chi connectivity index (χ1) is 34.5. The van der Waals surface area contributed by atoms with Gasteiger partial charge in [-0.25, -0.2) is 0 Å². The number of hydrogen-bond donors (Lipinski definition) is 2. The number of phosphoric acid groups is 1. The number of rotatable bonds is 55. The van der Waals surface area contributed by atoms with E-state index >= 15 is 0 Å². The molecule has 0 saturated heterocycles. The van der Waals surface area contributed by atoms with Crippen molar-refractivity contribution in [1.29, 1.82) is 0 Å². The average Bonchev–Trinajstić information content (AvgIpc) is 3.33. The van der Waals surface area contributed by atoms with Crippen LogP contribution in [0.2, 0.25) is 0 Å². The minimum absolute atomic E-state index is 0.0102. The number of unbranched alkanes of at least 4 members (excludes halogenated alkanes) is 34.